The molecule has 1 saturated heterocycles. The minimum atomic E-state index is -0.830. The third-order valence-corrected chi connectivity index (χ3v) is 3.63. The van der Waals surface area contributed by atoms with Gasteiger partial charge in [0.05, 0.1) is 24.7 Å². The summed E-state index contributed by atoms with van der Waals surface area (Å²) in [6.45, 7) is 4.28. The first-order chi connectivity index (χ1) is 11.0. The summed E-state index contributed by atoms with van der Waals surface area (Å²) in [6, 6.07) is 4.11. The highest BCUT2D eigenvalue weighted by atomic mass is 16.6. The van der Waals surface area contributed by atoms with Crippen LogP contribution in [0, 0.1) is 10.1 Å². The normalized spacial score (nSPS) is 16.0. The second-order valence-corrected chi connectivity index (χ2v) is 5.24. The molecule has 1 aliphatic rings. The molecule has 0 spiro atoms. The molecular formula is C15H21N3O5. The summed E-state index contributed by atoms with van der Waals surface area (Å²) in [5, 5.41) is 11.4. The molecule has 1 aromatic rings. The molecule has 0 aromatic heterocycles. The van der Waals surface area contributed by atoms with Crippen LogP contribution in [0.25, 0.3) is 0 Å². The summed E-state index contributed by atoms with van der Waals surface area (Å²) in [6.07, 6.45) is 0.197. The maximum Gasteiger partial charge on any atom is 0.323 e. The van der Waals surface area contributed by atoms with E-state index < -0.39 is 16.9 Å². The number of nitrogens with two attached hydrogens (primary N) is 1. The molecule has 1 aromatic carbocycles. The molecule has 0 saturated carbocycles. The molecule has 0 amide bonds. The number of rotatable bonds is 6. The highest BCUT2D eigenvalue weighted by Gasteiger charge is 2.23. The van der Waals surface area contributed by atoms with E-state index in [9.17, 15) is 14.9 Å². The maximum absolute atomic E-state index is 11.6. The van der Waals surface area contributed by atoms with Crippen molar-refractivity contribution in [3.05, 3.63) is 33.9 Å². The average molecular weight is 323 g/mol. The summed E-state index contributed by atoms with van der Waals surface area (Å²) >= 11 is 0. The second-order valence-electron chi connectivity index (χ2n) is 5.24. The van der Waals surface area contributed by atoms with Crippen molar-refractivity contribution in [2.75, 3.05) is 37.8 Å². The molecule has 23 heavy (non-hydrogen) atoms. The highest BCUT2D eigenvalue weighted by molar-refractivity contribution is 5.76. The zero-order chi connectivity index (χ0) is 16.8. The molecule has 0 aliphatic carbocycles. The van der Waals surface area contributed by atoms with E-state index in [1.807, 2.05) is 4.90 Å². The Morgan fingerprint density at radius 3 is 2.78 bits per heavy atom. The van der Waals surface area contributed by atoms with Crippen LogP contribution in [0.1, 0.15) is 12.5 Å². The number of carbonyl (C=O) groups excluding carboxylic acids is 1. The van der Waals surface area contributed by atoms with Crippen LogP contribution >= 0.6 is 0 Å². The molecule has 8 nitrogen and oxygen atoms in total. The van der Waals surface area contributed by atoms with Gasteiger partial charge in [-0.25, -0.2) is 0 Å². The smallest absolute Gasteiger partial charge is 0.323 e. The predicted molar refractivity (Wildman–Crippen MR) is 84.4 cm³/mol. The Kier molecular flexibility index (Phi) is 5.89. The number of ether oxygens (including phenoxy) is 2. The summed E-state index contributed by atoms with van der Waals surface area (Å²) in [4.78, 5) is 24.5. The Morgan fingerprint density at radius 1 is 1.48 bits per heavy atom. The SMILES string of the molecule is CCOC(=O)C(N)Cc1ccc(N2CCOCC2)c([N+](=O)[O-])c1. The van der Waals surface area contributed by atoms with Crippen LogP contribution in [0.2, 0.25) is 0 Å². The van der Waals surface area contributed by atoms with Gasteiger partial charge in [-0.15, -0.1) is 0 Å². The van der Waals surface area contributed by atoms with E-state index in [-0.39, 0.29) is 18.7 Å². The first-order valence-electron chi connectivity index (χ1n) is 7.55. The number of nitrogens with zero attached hydrogens (tertiary/aromatic N) is 2. The summed E-state index contributed by atoms with van der Waals surface area (Å²) in [5.41, 5.74) is 6.98. The number of carbonyl (C=O) groups is 1. The van der Waals surface area contributed by atoms with Gasteiger partial charge in [-0.1, -0.05) is 6.07 Å². The monoisotopic (exact) mass is 323 g/mol. The summed E-state index contributed by atoms with van der Waals surface area (Å²) < 4.78 is 10.1. The molecule has 1 heterocycles. The summed E-state index contributed by atoms with van der Waals surface area (Å²) in [7, 11) is 0. The molecule has 0 bridgehead atoms. The Hall–Kier alpha value is -2.19. The fourth-order valence-electron chi connectivity index (χ4n) is 2.50. The lowest BCUT2D eigenvalue weighted by Crippen LogP contribution is -2.36. The lowest BCUT2D eigenvalue weighted by atomic mass is 10.0. The van der Waals surface area contributed by atoms with Crippen molar-refractivity contribution in [3.8, 4) is 0 Å². The Balaban J connectivity index is 2.18. The Morgan fingerprint density at radius 2 is 2.17 bits per heavy atom. The minimum Gasteiger partial charge on any atom is -0.465 e. The van der Waals surface area contributed by atoms with Crippen molar-refractivity contribution >= 4 is 17.3 Å². The quantitative estimate of drug-likeness (QED) is 0.470. The first-order valence-corrected chi connectivity index (χ1v) is 7.55. The van der Waals surface area contributed by atoms with Crippen molar-refractivity contribution in [2.45, 2.75) is 19.4 Å². The van der Waals surface area contributed by atoms with Gasteiger partial charge in [0.15, 0.2) is 0 Å². The van der Waals surface area contributed by atoms with Crippen LogP contribution in [0.5, 0.6) is 0 Å². The average Bonchev–Trinajstić information content (AvgIpc) is 2.55. The molecule has 2 rings (SSSR count). The predicted octanol–water partition coefficient (Wildman–Crippen LogP) is 0.864. The lowest BCUT2D eigenvalue weighted by Gasteiger charge is -2.28. The maximum atomic E-state index is 11.6. The van der Waals surface area contributed by atoms with Crippen molar-refractivity contribution in [1.29, 1.82) is 0 Å². The number of benzene rings is 1. The van der Waals surface area contributed by atoms with Gasteiger partial charge < -0.3 is 20.1 Å². The van der Waals surface area contributed by atoms with E-state index in [4.69, 9.17) is 15.2 Å². The number of nitro groups is 1. The lowest BCUT2D eigenvalue weighted by molar-refractivity contribution is -0.384. The van der Waals surface area contributed by atoms with Crippen LogP contribution in [-0.4, -0.2) is 49.8 Å². The third-order valence-electron chi connectivity index (χ3n) is 3.63. The van der Waals surface area contributed by atoms with E-state index in [1.54, 1.807) is 19.1 Å². The zero-order valence-corrected chi connectivity index (χ0v) is 13.1. The number of nitro benzene ring substituents is 1. The fraction of sp³-hybridized carbons (Fsp3) is 0.533. The molecule has 0 radical (unpaired) electrons. The molecule has 1 atom stereocenters. The van der Waals surface area contributed by atoms with Crippen molar-refractivity contribution in [3.63, 3.8) is 0 Å². The Bertz CT molecular complexity index is 572. The molecule has 1 unspecified atom stereocenters. The van der Waals surface area contributed by atoms with Gasteiger partial charge in [0.25, 0.3) is 5.69 Å². The third kappa shape index (κ3) is 4.40. The molecular weight excluding hydrogens is 302 g/mol. The zero-order valence-electron chi connectivity index (χ0n) is 13.1. The minimum absolute atomic E-state index is 0.0143. The first kappa shape index (κ1) is 17.2. The highest BCUT2D eigenvalue weighted by Crippen LogP contribution is 2.30. The van der Waals surface area contributed by atoms with Gasteiger partial charge in [0.1, 0.15) is 11.7 Å². The molecule has 8 heteroatoms. The number of hydrogen-bond acceptors (Lipinski definition) is 7. The molecule has 1 fully saturated rings. The molecule has 1 aliphatic heterocycles. The Labute approximate surface area is 134 Å². The van der Waals surface area contributed by atoms with Gasteiger partial charge in [0.2, 0.25) is 0 Å². The van der Waals surface area contributed by atoms with Crippen LogP contribution < -0.4 is 10.6 Å². The van der Waals surface area contributed by atoms with Crippen LogP contribution in [0.15, 0.2) is 18.2 Å². The fourth-order valence-corrected chi connectivity index (χ4v) is 2.50. The largest absolute Gasteiger partial charge is 0.465 e. The van der Waals surface area contributed by atoms with Crippen molar-refractivity contribution in [2.24, 2.45) is 5.73 Å². The van der Waals surface area contributed by atoms with Gasteiger partial charge in [-0.2, -0.15) is 0 Å². The van der Waals surface area contributed by atoms with Crippen LogP contribution in [0.3, 0.4) is 0 Å². The number of anilines is 1. The molecule has 126 valence electrons. The second kappa shape index (κ2) is 7.89. The van der Waals surface area contributed by atoms with Crippen LogP contribution in [0.4, 0.5) is 11.4 Å². The van der Waals surface area contributed by atoms with Gasteiger partial charge in [-0.05, 0) is 25.0 Å². The van der Waals surface area contributed by atoms with E-state index in [0.29, 0.717) is 37.6 Å². The van der Waals surface area contributed by atoms with E-state index in [2.05, 4.69) is 0 Å². The summed E-state index contributed by atoms with van der Waals surface area (Å²) in [5.74, 6) is -0.507. The topological polar surface area (TPSA) is 108 Å². The van der Waals surface area contributed by atoms with E-state index in [0.717, 1.165) is 0 Å². The van der Waals surface area contributed by atoms with E-state index in [1.165, 1.54) is 6.07 Å². The number of esters is 1. The van der Waals surface area contributed by atoms with Crippen molar-refractivity contribution < 1.29 is 19.2 Å². The standard InChI is InChI=1S/C15H21N3O5/c1-2-23-15(19)12(16)9-11-3-4-13(14(10-11)18(20)21)17-5-7-22-8-6-17/h3-4,10,12H,2,5-9,16H2,1H3. The van der Waals surface area contributed by atoms with E-state index >= 15 is 0 Å². The van der Waals surface area contributed by atoms with Crippen molar-refractivity contribution in [1.82, 2.24) is 0 Å². The van der Waals surface area contributed by atoms with Gasteiger partial charge in [-0.3, -0.25) is 14.9 Å². The number of morpholine rings is 1. The van der Waals surface area contributed by atoms with Gasteiger partial charge in [0, 0.05) is 19.2 Å². The van der Waals surface area contributed by atoms with Crippen LogP contribution in [-0.2, 0) is 20.7 Å². The number of hydrogen-bond donors (Lipinski definition) is 1. The van der Waals surface area contributed by atoms with Gasteiger partial charge >= 0.3 is 5.97 Å². The molecule has 2 N–H and O–H groups in total.